The zero-order valence-corrected chi connectivity index (χ0v) is 15.0. The maximum atomic E-state index is 12.1. The normalized spacial score (nSPS) is 10.3. The summed E-state index contributed by atoms with van der Waals surface area (Å²) in [5.41, 5.74) is -1.08. The molecule has 148 valence electrons. The van der Waals surface area contributed by atoms with Crippen molar-refractivity contribution in [2.24, 2.45) is 0 Å². The van der Waals surface area contributed by atoms with Gasteiger partial charge in [0.2, 0.25) is 5.75 Å². The Hall–Kier alpha value is -3.69. The summed E-state index contributed by atoms with van der Waals surface area (Å²) in [6.45, 7) is 2.24. The van der Waals surface area contributed by atoms with Gasteiger partial charge in [-0.1, -0.05) is 19.8 Å². The summed E-state index contributed by atoms with van der Waals surface area (Å²) in [5, 5.41) is 31.8. The molecule has 0 unspecified atom stereocenters. The van der Waals surface area contributed by atoms with Gasteiger partial charge >= 0.3 is 11.7 Å². The van der Waals surface area contributed by atoms with Crippen molar-refractivity contribution in [2.75, 3.05) is 6.61 Å². The average molecular weight is 390 g/mol. The summed E-state index contributed by atoms with van der Waals surface area (Å²) in [7, 11) is 0. The Bertz CT molecular complexity index is 897. The number of hydrogen-bond acceptors (Lipinski definition) is 8. The first-order chi connectivity index (χ1) is 13.3. The van der Waals surface area contributed by atoms with E-state index in [1.807, 2.05) is 6.92 Å². The Balaban J connectivity index is 2.25. The molecule has 10 nitrogen and oxygen atoms in total. The third kappa shape index (κ3) is 5.40. The number of nitro benzene ring substituents is 2. The number of rotatable bonds is 9. The van der Waals surface area contributed by atoms with Crippen LogP contribution in [-0.2, 0) is 4.74 Å². The van der Waals surface area contributed by atoms with Crippen LogP contribution in [0.4, 0.5) is 11.4 Å². The maximum absolute atomic E-state index is 12.1. The van der Waals surface area contributed by atoms with Crippen LogP contribution >= 0.6 is 0 Å². The van der Waals surface area contributed by atoms with Crippen LogP contribution in [-0.4, -0.2) is 27.5 Å². The van der Waals surface area contributed by atoms with Crippen molar-refractivity contribution in [1.82, 2.24) is 0 Å². The number of nitrogens with zero attached hydrogens (tertiary/aromatic N) is 2. The molecular formula is C18H18N2O8. The molecule has 0 aliphatic rings. The molecule has 0 saturated heterocycles. The zero-order chi connectivity index (χ0) is 20.7. The first-order valence-corrected chi connectivity index (χ1v) is 8.43. The highest BCUT2D eigenvalue weighted by Gasteiger charge is 2.22. The minimum Gasteiger partial charge on any atom is -0.508 e. The Labute approximate surface area is 159 Å². The number of esters is 1. The van der Waals surface area contributed by atoms with Gasteiger partial charge in [0.1, 0.15) is 11.5 Å². The van der Waals surface area contributed by atoms with Crippen LogP contribution in [0.2, 0.25) is 0 Å². The second kappa shape index (κ2) is 9.31. The number of hydrogen-bond donors (Lipinski definition) is 1. The molecule has 0 aliphatic carbocycles. The summed E-state index contributed by atoms with van der Waals surface area (Å²) < 4.78 is 10.5. The van der Waals surface area contributed by atoms with Crippen LogP contribution in [0.3, 0.4) is 0 Å². The van der Waals surface area contributed by atoms with Gasteiger partial charge in [-0.15, -0.1) is 0 Å². The van der Waals surface area contributed by atoms with Gasteiger partial charge in [-0.25, -0.2) is 4.79 Å². The van der Waals surface area contributed by atoms with E-state index in [-0.39, 0.29) is 29.4 Å². The van der Waals surface area contributed by atoms with E-state index in [9.17, 15) is 30.1 Å². The summed E-state index contributed by atoms with van der Waals surface area (Å²) in [6.07, 6.45) is 2.58. The first kappa shape index (κ1) is 20.6. The monoisotopic (exact) mass is 390 g/mol. The second-order valence-electron chi connectivity index (χ2n) is 5.83. The molecule has 0 saturated carbocycles. The highest BCUT2D eigenvalue weighted by molar-refractivity contribution is 5.90. The van der Waals surface area contributed by atoms with Crippen molar-refractivity contribution in [3.8, 4) is 17.2 Å². The van der Waals surface area contributed by atoms with Crippen LogP contribution < -0.4 is 4.74 Å². The largest absolute Gasteiger partial charge is 0.508 e. The number of phenolic OH excluding ortho intramolecular Hbond substituents is 1. The van der Waals surface area contributed by atoms with Crippen LogP contribution in [0, 0.1) is 20.2 Å². The van der Waals surface area contributed by atoms with E-state index in [4.69, 9.17) is 9.47 Å². The molecule has 0 radical (unpaired) electrons. The van der Waals surface area contributed by atoms with Crippen molar-refractivity contribution in [2.45, 2.75) is 26.2 Å². The number of phenols is 1. The van der Waals surface area contributed by atoms with Crippen LogP contribution in [0.5, 0.6) is 17.2 Å². The Morgan fingerprint density at radius 2 is 1.82 bits per heavy atom. The molecule has 2 aromatic carbocycles. The molecule has 0 heterocycles. The van der Waals surface area contributed by atoms with Crippen LogP contribution in [0.15, 0.2) is 36.4 Å². The van der Waals surface area contributed by atoms with Crippen molar-refractivity contribution in [3.05, 3.63) is 62.2 Å². The standard InChI is InChI=1S/C18H18N2O8/c1-2-3-4-7-27-18(22)12-8-14(21)11-15(9-12)28-17-6-5-13(19(23)24)10-16(17)20(25)26/h5-6,8-11,21H,2-4,7H2,1H3. The predicted octanol–water partition coefficient (Wildman–Crippen LogP) is 4.35. The number of benzene rings is 2. The number of ether oxygens (including phenoxy) is 2. The molecule has 2 rings (SSSR count). The fourth-order valence-electron chi connectivity index (χ4n) is 2.34. The van der Waals surface area contributed by atoms with Gasteiger partial charge < -0.3 is 14.6 Å². The second-order valence-corrected chi connectivity index (χ2v) is 5.83. The number of unbranched alkanes of at least 4 members (excludes halogenated alkanes) is 2. The van der Waals surface area contributed by atoms with Crippen LogP contribution in [0.1, 0.15) is 36.5 Å². The van der Waals surface area contributed by atoms with Gasteiger partial charge in [0, 0.05) is 12.1 Å². The predicted molar refractivity (Wildman–Crippen MR) is 97.7 cm³/mol. The fourth-order valence-corrected chi connectivity index (χ4v) is 2.34. The molecule has 0 fully saturated rings. The highest BCUT2D eigenvalue weighted by atomic mass is 16.6. The van der Waals surface area contributed by atoms with E-state index in [0.717, 1.165) is 37.1 Å². The Morgan fingerprint density at radius 3 is 2.46 bits per heavy atom. The molecular weight excluding hydrogens is 372 g/mol. The minimum absolute atomic E-state index is 0.0102. The molecule has 0 atom stereocenters. The molecule has 0 amide bonds. The van der Waals surface area contributed by atoms with Crippen molar-refractivity contribution < 1.29 is 29.2 Å². The number of non-ortho nitro benzene ring substituents is 1. The molecule has 2 aromatic rings. The van der Waals surface area contributed by atoms with Gasteiger partial charge in [-0.2, -0.15) is 0 Å². The van der Waals surface area contributed by atoms with Gasteiger partial charge in [-0.05, 0) is 24.6 Å². The quantitative estimate of drug-likeness (QED) is 0.288. The lowest BCUT2D eigenvalue weighted by Gasteiger charge is -2.09. The number of aromatic hydroxyl groups is 1. The fraction of sp³-hybridized carbons (Fsp3) is 0.278. The zero-order valence-electron chi connectivity index (χ0n) is 15.0. The summed E-state index contributed by atoms with van der Waals surface area (Å²) >= 11 is 0. The molecule has 10 heteroatoms. The topological polar surface area (TPSA) is 142 Å². The average Bonchev–Trinajstić information content (AvgIpc) is 2.64. The maximum Gasteiger partial charge on any atom is 0.338 e. The van der Waals surface area contributed by atoms with Gasteiger partial charge in [-0.3, -0.25) is 20.2 Å². The van der Waals surface area contributed by atoms with E-state index < -0.39 is 27.2 Å². The number of nitro groups is 2. The van der Waals surface area contributed by atoms with E-state index >= 15 is 0 Å². The lowest BCUT2D eigenvalue weighted by atomic mass is 10.2. The van der Waals surface area contributed by atoms with E-state index in [1.54, 1.807) is 0 Å². The SMILES string of the molecule is CCCCCOC(=O)c1cc(O)cc(Oc2ccc([N+](=O)[O-])cc2[N+](=O)[O-])c1. The van der Waals surface area contributed by atoms with E-state index in [0.29, 0.717) is 6.42 Å². The molecule has 0 aromatic heterocycles. The lowest BCUT2D eigenvalue weighted by molar-refractivity contribution is -0.394. The lowest BCUT2D eigenvalue weighted by Crippen LogP contribution is -2.06. The summed E-state index contributed by atoms with van der Waals surface area (Å²) in [5.74, 6) is -1.31. The minimum atomic E-state index is -0.825. The molecule has 0 spiro atoms. The highest BCUT2D eigenvalue weighted by Crippen LogP contribution is 2.35. The first-order valence-electron chi connectivity index (χ1n) is 8.43. The smallest absolute Gasteiger partial charge is 0.338 e. The third-order valence-electron chi connectivity index (χ3n) is 3.69. The number of carbonyl (C=O) groups is 1. The molecule has 1 N–H and O–H groups in total. The third-order valence-corrected chi connectivity index (χ3v) is 3.69. The van der Waals surface area contributed by atoms with Crippen LogP contribution in [0.25, 0.3) is 0 Å². The summed E-state index contributed by atoms with van der Waals surface area (Å²) in [4.78, 5) is 32.5. The van der Waals surface area contributed by atoms with E-state index in [1.165, 1.54) is 12.1 Å². The van der Waals surface area contributed by atoms with Crippen molar-refractivity contribution in [3.63, 3.8) is 0 Å². The van der Waals surface area contributed by atoms with Gasteiger partial charge in [0.25, 0.3) is 5.69 Å². The molecule has 28 heavy (non-hydrogen) atoms. The van der Waals surface area contributed by atoms with Gasteiger partial charge in [0.05, 0.1) is 28.1 Å². The molecule has 0 bridgehead atoms. The Morgan fingerprint density at radius 1 is 1.07 bits per heavy atom. The number of carbonyl (C=O) groups excluding carboxylic acids is 1. The van der Waals surface area contributed by atoms with Gasteiger partial charge in [0.15, 0.2) is 0 Å². The molecule has 0 aliphatic heterocycles. The summed E-state index contributed by atoms with van der Waals surface area (Å²) in [6, 6.07) is 6.48. The van der Waals surface area contributed by atoms with Crippen molar-refractivity contribution >= 4 is 17.3 Å². The Kier molecular flexibility index (Phi) is 6.85. The van der Waals surface area contributed by atoms with E-state index in [2.05, 4.69) is 0 Å². The van der Waals surface area contributed by atoms with Crippen molar-refractivity contribution in [1.29, 1.82) is 0 Å².